The number of rotatable bonds is 6. The molecule has 1 aromatic heterocycles. The Kier molecular flexibility index (Phi) is 5.86. The van der Waals surface area contributed by atoms with E-state index in [-0.39, 0.29) is 11.9 Å². The zero-order valence-corrected chi connectivity index (χ0v) is 15.5. The van der Waals surface area contributed by atoms with Crippen LogP contribution in [0.2, 0.25) is 0 Å². The zero-order valence-electron chi connectivity index (χ0n) is 14.7. The van der Waals surface area contributed by atoms with Crippen LogP contribution in [-0.2, 0) is 4.79 Å². The Balaban J connectivity index is 1.61. The number of likely N-dealkylation sites (N-methyl/N-ethyl adjacent to an activating group) is 1. The van der Waals surface area contributed by atoms with E-state index in [9.17, 15) is 4.79 Å². The summed E-state index contributed by atoms with van der Waals surface area (Å²) < 4.78 is 1.70. The van der Waals surface area contributed by atoms with Gasteiger partial charge in [-0.25, -0.2) is 9.67 Å². The molecule has 0 saturated heterocycles. The van der Waals surface area contributed by atoms with E-state index in [0.29, 0.717) is 0 Å². The fraction of sp³-hybridized carbons (Fsp3) is 0.150. The predicted octanol–water partition coefficient (Wildman–Crippen LogP) is 4.09. The van der Waals surface area contributed by atoms with Crippen LogP contribution >= 0.6 is 11.8 Å². The maximum absolute atomic E-state index is 12.4. The molecule has 1 amide bonds. The van der Waals surface area contributed by atoms with Crippen molar-refractivity contribution in [3.63, 3.8) is 0 Å². The summed E-state index contributed by atoms with van der Waals surface area (Å²) in [5, 5.41) is 5.94. The van der Waals surface area contributed by atoms with Gasteiger partial charge in [0.2, 0.25) is 5.91 Å². The first-order valence-electron chi connectivity index (χ1n) is 8.25. The molecule has 5 nitrogen and oxygen atoms in total. The predicted molar refractivity (Wildman–Crippen MR) is 104 cm³/mol. The molecule has 0 saturated carbocycles. The third-order valence-electron chi connectivity index (χ3n) is 4.15. The van der Waals surface area contributed by atoms with Crippen molar-refractivity contribution >= 4 is 17.7 Å². The minimum atomic E-state index is -0.0290. The van der Waals surface area contributed by atoms with E-state index in [1.807, 2.05) is 74.0 Å². The van der Waals surface area contributed by atoms with Gasteiger partial charge in [0.15, 0.2) is 0 Å². The molecular weight excluding hydrogens is 344 g/mol. The van der Waals surface area contributed by atoms with Crippen LogP contribution in [0, 0.1) is 0 Å². The van der Waals surface area contributed by atoms with E-state index in [4.69, 9.17) is 0 Å². The van der Waals surface area contributed by atoms with Crippen LogP contribution in [0.5, 0.6) is 0 Å². The molecule has 0 spiro atoms. The average molecular weight is 364 g/mol. The summed E-state index contributed by atoms with van der Waals surface area (Å²) >= 11 is 1.53. The number of benzene rings is 2. The van der Waals surface area contributed by atoms with Crippen molar-refractivity contribution in [3.05, 3.63) is 84.3 Å². The Hall–Kier alpha value is -2.86. The van der Waals surface area contributed by atoms with Gasteiger partial charge in [-0.3, -0.25) is 4.79 Å². The molecule has 1 heterocycles. The Morgan fingerprint density at radius 3 is 2.54 bits per heavy atom. The number of aromatic nitrogens is 3. The molecule has 0 radical (unpaired) electrons. The maximum atomic E-state index is 12.4. The van der Waals surface area contributed by atoms with E-state index in [2.05, 4.69) is 10.1 Å². The number of carbonyl (C=O) groups is 1. The SMILES string of the molecule is C[C@H](c1ccc(-n2cncn2)cc1)N(C)C(=O)/C=C/Sc1ccccc1. The van der Waals surface area contributed by atoms with Gasteiger partial charge in [0.25, 0.3) is 0 Å². The van der Waals surface area contributed by atoms with Crippen molar-refractivity contribution in [3.8, 4) is 5.69 Å². The molecule has 0 unspecified atom stereocenters. The Bertz CT molecular complexity index is 861. The summed E-state index contributed by atoms with van der Waals surface area (Å²) in [6.45, 7) is 2.01. The number of hydrogen-bond donors (Lipinski definition) is 0. The van der Waals surface area contributed by atoms with Gasteiger partial charge in [-0.15, -0.1) is 0 Å². The number of nitrogens with zero attached hydrogens (tertiary/aromatic N) is 4. The smallest absolute Gasteiger partial charge is 0.247 e. The lowest BCUT2D eigenvalue weighted by Crippen LogP contribution is -2.27. The van der Waals surface area contributed by atoms with Crippen molar-refractivity contribution in [1.82, 2.24) is 19.7 Å². The molecule has 0 aliphatic carbocycles. The van der Waals surface area contributed by atoms with Gasteiger partial charge in [0.05, 0.1) is 11.7 Å². The van der Waals surface area contributed by atoms with Crippen molar-refractivity contribution in [1.29, 1.82) is 0 Å². The second-order valence-electron chi connectivity index (χ2n) is 5.79. The lowest BCUT2D eigenvalue weighted by molar-refractivity contribution is -0.126. The van der Waals surface area contributed by atoms with Crippen LogP contribution in [-0.4, -0.2) is 32.6 Å². The summed E-state index contributed by atoms with van der Waals surface area (Å²) in [6.07, 6.45) is 4.77. The minimum absolute atomic E-state index is 0.0266. The summed E-state index contributed by atoms with van der Waals surface area (Å²) in [5.41, 5.74) is 2.00. The van der Waals surface area contributed by atoms with E-state index >= 15 is 0 Å². The lowest BCUT2D eigenvalue weighted by atomic mass is 10.1. The van der Waals surface area contributed by atoms with Crippen LogP contribution in [0.15, 0.2) is 83.6 Å². The first kappa shape index (κ1) is 17.9. The highest BCUT2D eigenvalue weighted by atomic mass is 32.2. The molecule has 3 aromatic rings. The topological polar surface area (TPSA) is 51.0 Å². The molecule has 0 fully saturated rings. The minimum Gasteiger partial charge on any atom is -0.335 e. The maximum Gasteiger partial charge on any atom is 0.247 e. The van der Waals surface area contributed by atoms with Gasteiger partial charge in [-0.05, 0) is 42.2 Å². The first-order valence-corrected chi connectivity index (χ1v) is 9.13. The summed E-state index contributed by atoms with van der Waals surface area (Å²) in [7, 11) is 1.82. The fourth-order valence-corrected chi connectivity index (χ4v) is 3.10. The van der Waals surface area contributed by atoms with Crippen LogP contribution in [0.1, 0.15) is 18.5 Å². The number of carbonyl (C=O) groups excluding carboxylic acids is 1. The Labute approximate surface area is 157 Å². The molecule has 6 heteroatoms. The second-order valence-corrected chi connectivity index (χ2v) is 6.77. The van der Waals surface area contributed by atoms with Crippen molar-refractivity contribution < 1.29 is 4.79 Å². The van der Waals surface area contributed by atoms with Crippen LogP contribution in [0.3, 0.4) is 0 Å². The molecule has 0 aliphatic rings. The van der Waals surface area contributed by atoms with Crippen LogP contribution < -0.4 is 0 Å². The number of thioether (sulfide) groups is 1. The molecule has 0 N–H and O–H groups in total. The van der Waals surface area contributed by atoms with E-state index in [1.54, 1.807) is 22.0 Å². The van der Waals surface area contributed by atoms with E-state index < -0.39 is 0 Å². The molecule has 3 rings (SSSR count). The van der Waals surface area contributed by atoms with Gasteiger partial charge in [-0.2, -0.15) is 5.10 Å². The fourth-order valence-electron chi connectivity index (χ4n) is 2.45. The van der Waals surface area contributed by atoms with Crippen LogP contribution in [0.4, 0.5) is 0 Å². The van der Waals surface area contributed by atoms with E-state index in [1.165, 1.54) is 18.1 Å². The van der Waals surface area contributed by atoms with Gasteiger partial charge in [0.1, 0.15) is 12.7 Å². The summed E-state index contributed by atoms with van der Waals surface area (Å²) in [5.74, 6) is -0.0266. The third kappa shape index (κ3) is 4.40. The first-order chi connectivity index (χ1) is 12.6. The molecular formula is C20H20N4OS. The normalized spacial score (nSPS) is 12.2. The zero-order chi connectivity index (χ0) is 18.4. The van der Waals surface area contributed by atoms with E-state index in [0.717, 1.165) is 16.1 Å². The molecule has 26 heavy (non-hydrogen) atoms. The molecule has 132 valence electrons. The molecule has 2 aromatic carbocycles. The second kappa shape index (κ2) is 8.49. The number of hydrogen-bond acceptors (Lipinski definition) is 4. The van der Waals surface area contributed by atoms with Crippen molar-refractivity contribution in [2.75, 3.05) is 7.05 Å². The highest BCUT2D eigenvalue weighted by molar-refractivity contribution is 8.02. The largest absolute Gasteiger partial charge is 0.335 e. The summed E-state index contributed by atoms with van der Waals surface area (Å²) in [6, 6.07) is 17.9. The van der Waals surface area contributed by atoms with Gasteiger partial charge >= 0.3 is 0 Å². The monoisotopic (exact) mass is 364 g/mol. The van der Waals surface area contributed by atoms with Gasteiger partial charge in [0, 0.05) is 18.0 Å². The molecule has 0 bridgehead atoms. The highest BCUT2D eigenvalue weighted by Crippen LogP contribution is 2.22. The Morgan fingerprint density at radius 1 is 1.15 bits per heavy atom. The average Bonchev–Trinajstić information content (AvgIpc) is 3.22. The van der Waals surface area contributed by atoms with Crippen molar-refractivity contribution in [2.24, 2.45) is 0 Å². The summed E-state index contributed by atoms with van der Waals surface area (Å²) in [4.78, 5) is 19.2. The van der Waals surface area contributed by atoms with Crippen molar-refractivity contribution in [2.45, 2.75) is 17.9 Å². The van der Waals surface area contributed by atoms with Gasteiger partial charge in [-0.1, -0.05) is 42.1 Å². The standard InChI is InChI=1S/C20H20N4OS/c1-16(17-8-10-18(11-9-17)24-15-21-14-22-24)23(2)20(25)12-13-26-19-6-4-3-5-7-19/h3-16H,1-2H3/b13-12+/t16-/m1/s1. The van der Waals surface area contributed by atoms with Crippen LogP contribution in [0.25, 0.3) is 5.69 Å². The van der Waals surface area contributed by atoms with Gasteiger partial charge < -0.3 is 4.90 Å². The quantitative estimate of drug-likeness (QED) is 0.488. The Morgan fingerprint density at radius 2 is 1.88 bits per heavy atom. The molecule has 1 atom stereocenters. The highest BCUT2D eigenvalue weighted by Gasteiger charge is 2.15. The number of amides is 1. The third-order valence-corrected chi connectivity index (χ3v) is 4.96. The lowest BCUT2D eigenvalue weighted by Gasteiger charge is -2.24. The molecule has 0 aliphatic heterocycles.